The molecular formula is C19H28BrN5O2. The molecule has 1 aliphatic rings. The molecule has 0 aromatic heterocycles. The average Bonchev–Trinajstić information content (AvgIpc) is 2.64. The number of primary amides is 1. The van der Waals surface area contributed by atoms with Gasteiger partial charge in [0.05, 0.1) is 0 Å². The summed E-state index contributed by atoms with van der Waals surface area (Å²) in [6.07, 6.45) is 3.27. The lowest BCUT2D eigenvalue weighted by atomic mass is 9.95. The lowest BCUT2D eigenvalue weighted by Gasteiger charge is -2.34. The highest BCUT2D eigenvalue weighted by atomic mass is 79.9. The molecule has 27 heavy (non-hydrogen) atoms. The molecule has 8 heteroatoms. The second-order valence-corrected chi connectivity index (χ2v) is 7.63. The first-order valence-electron chi connectivity index (χ1n) is 9.27. The van der Waals surface area contributed by atoms with E-state index in [0.29, 0.717) is 31.0 Å². The SMILES string of the molecule is CN=C(NCCCNC(=O)c1ccc(Br)cc1)N1CCCC(CC(N)=O)C1. The van der Waals surface area contributed by atoms with Gasteiger partial charge in [-0.3, -0.25) is 14.6 Å². The van der Waals surface area contributed by atoms with E-state index in [9.17, 15) is 9.59 Å². The molecule has 1 saturated heterocycles. The summed E-state index contributed by atoms with van der Waals surface area (Å²) in [7, 11) is 1.76. The van der Waals surface area contributed by atoms with Gasteiger partial charge in [0, 0.05) is 49.7 Å². The minimum Gasteiger partial charge on any atom is -0.370 e. The van der Waals surface area contributed by atoms with Crippen molar-refractivity contribution in [2.45, 2.75) is 25.7 Å². The molecule has 2 rings (SSSR count). The normalized spacial score (nSPS) is 17.5. The Hall–Kier alpha value is -2.09. The summed E-state index contributed by atoms with van der Waals surface area (Å²) in [4.78, 5) is 29.7. The zero-order chi connectivity index (χ0) is 19.6. The number of hydrogen-bond donors (Lipinski definition) is 3. The van der Waals surface area contributed by atoms with Gasteiger partial charge < -0.3 is 21.3 Å². The number of amides is 2. The monoisotopic (exact) mass is 437 g/mol. The van der Waals surface area contributed by atoms with Gasteiger partial charge in [-0.15, -0.1) is 0 Å². The van der Waals surface area contributed by atoms with E-state index in [1.165, 1.54) is 0 Å². The van der Waals surface area contributed by atoms with Crippen LogP contribution in [0.15, 0.2) is 33.7 Å². The molecule has 0 radical (unpaired) electrons. The van der Waals surface area contributed by atoms with Crippen molar-refractivity contribution < 1.29 is 9.59 Å². The number of guanidine groups is 1. The van der Waals surface area contributed by atoms with E-state index >= 15 is 0 Å². The molecule has 7 nitrogen and oxygen atoms in total. The molecule has 148 valence electrons. The third kappa shape index (κ3) is 7.21. The van der Waals surface area contributed by atoms with Crippen molar-refractivity contribution >= 4 is 33.7 Å². The van der Waals surface area contributed by atoms with E-state index in [0.717, 1.165) is 42.8 Å². The minimum atomic E-state index is -0.244. The van der Waals surface area contributed by atoms with Crippen LogP contribution in [0.4, 0.5) is 0 Å². The zero-order valence-corrected chi connectivity index (χ0v) is 17.3. The summed E-state index contributed by atoms with van der Waals surface area (Å²) in [5.74, 6) is 0.812. The van der Waals surface area contributed by atoms with Gasteiger partial charge in [0.1, 0.15) is 0 Å². The summed E-state index contributed by atoms with van der Waals surface area (Å²) < 4.78 is 0.949. The molecule has 0 saturated carbocycles. The molecule has 1 aromatic carbocycles. The standard InChI is InChI=1S/C19H28BrN5O2/c1-22-19(25-11-2-4-14(13-25)12-17(21)26)24-10-3-9-23-18(27)15-5-7-16(20)8-6-15/h5-8,14H,2-4,9-13H2,1H3,(H2,21,26)(H,22,24)(H,23,27). The molecule has 0 aliphatic carbocycles. The molecule has 1 atom stereocenters. The van der Waals surface area contributed by atoms with Gasteiger partial charge >= 0.3 is 0 Å². The van der Waals surface area contributed by atoms with Crippen molar-refractivity contribution in [3.05, 3.63) is 34.3 Å². The van der Waals surface area contributed by atoms with Crippen molar-refractivity contribution in [1.82, 2.24) is 15.5 Å². The molecular weight excluding hydrogens is 410 g/mol. The van der Waals surface area contributed by atoms with Crippen LogP contribution >= 0.6 is 15.9 Å². The fourth-order valence-corrected chi connectivity index (χ4v) is 3.50. The molecule has 1 unspecified atom stereocenters. The van der Waals surface area contributed by atoms with Crippen LogP contribution in [0.5, 0.6) is 0 Å². The van der Waals surface area contributed by atoms with Crippen LogP contribution in [0.2, 0.25) is 0 Å². The highest BCUT2D eigenvalue weighted by Gasteiger charge is 2.23. The quantitative estimate of drug-likeness (QED) is 0.343. The van der Waals surface area contributed by atoms with E-state index < -0.39 is 0 Å². The highest BCUT2D eigenvalue weighted by Crippen LogP contribution is 2.19. The maximum Gasteiger partial charge on any atom is 0.251 e. The summed E-state index contributed by atoms with van der Waals surface area (Å²) in [5, 5.41) is 6.26. The van der Waals surface area contributed by atoms with E-state index in [2.05, 4.69) is 36.5 Å². The maximum absolute atomic E-state index is 12.1. The van der Waals surface area contributed by atoms with Gasteiger partial charge in [0.25, 0.3) is 5.91 Å². The first-order valence-corrected chi connectivity index (χ1v) is 10.1. The molecule has 1 aromatic rings. The number of nitrogens with two attached hydrogens (primary N) is 1. The second kappa shape index (κ2) is 10.9. The predicted octanol–water partition coefficient (Wildman–Crippen LogP) is 1.73. The van der Waals surface area contributed by atoms with Gasteiger partial charge in [-0.25, -0.2) is 0 Å². The van der Waals surface area contributed by atoms with Gasteiger partial charge in [-0.2, -0.15) is 0 Å². The Kier molecular flexibility index (Phi) is 8.57. The number of halogens is 1. The smallest absolute Gasteiger partial charge is 0.251 e. The van der Waals surface area contributed by atoms with E-state index in [1.54, 1.807) is 19.2 Å². The number of nitrogens with zero attached hydrogens (tertiary/aromatic N) is 2. The number of hydrogen-bond acceptors (Lipinski definition) is 3. The number of benzene rings is 1. The fourth-order valence-electron chi connectivity index (χ4n) is 3.23. The number of likely N-dealkylation sites (tertiary alicyclic amines) is 1. The van der Waals surface area contributed by atoms with Gasteiger partial charge in [-0.05, 0) is 49.4 Å². The lowest BCUT2D eigenvalue weighted by Crippen LogP contribution is -2.47. The summed E-state index contributed by atoms with van der Waals surface area (Å²) in [5.41, 5.74) is 5.97. The Bertz CT molecular complexity index is 663. The van der Waals surface area contributed by atoms with Crippen molar-refractivity contribution in [3.8, 4) is 0 Å². The van der Waals surface area contributed by atoms with Crippen LogP contribution in [-0.2, 0) is 4.79 Å². The van der Waals surface area contributed by atoms with Crippen LogP contribution in [-0.4, -0.2) is 55.9 Å². The van der Waals surface area contributed by atoms with Crippen LogP contribution in [0, 0.1) is 5.92 Å². The van der Waals surface area contributed by atoms with Crippen molar-refractivity contribution in [2.75, 3.05) is 33.2 Å². The third-order valence-corrected chi connectivity index (χ3v) is 5.08. The first kappa shape index (κ1) is 21.2. The molecule has 1 aliphatic heterocycles. The maximum atomic E-state index is 12.1. The van der Waals surface area contributed by atoms with Crippen LogP contribution in [0.1, 0.15) is 36.0 Å². The third-order valence-electron chi connectivity index (χ3n) is 4.55. The molecule has 4 N–H and O–H groups in total. The van der Waals surface area contributed by atoms with E-state index in [4.69, 9.17) is 5.73 Å². The number of carbonyl (C=O) groups is 2. The Morgan fingerprint density at radius 2 is 1.96 bits per heavy atom. The molecule has 1 heterocycles. The second-order valence-electron chi connectivity index (χ2n) is 6.72. The van der Waals surface area contributed by atoms with E-state index in [-0.39, 0.29) is 11.8 Å². The topological polar surface area (TPSA) is 99.8 Å². The largest absolute Gasteiger partial charge is 0.370 e. The van der Waals surface area contributed by atoms with Gasteiger partial charge in [-0.1, -0.05) is 15.9 Å². The van der Waals surface area contributed by atoms with Crippen LogP contribution < -0.4 is 16.4 Å². The molecule has 0 bridgehead atoms. The van der Waals surface area contributed by atoms with Gasteiger partial charge in [0.2, 0.25) is 5.91 Å². The van der Waals surface area contributed by atoms with Crippen molar-refractivity contribution in [3.63, 3.8) is 0 Å². The number of piperidine rings is 1. The highest BCUT2D eigenvalue weighted by molar-refractivity contribution is 9.10. The summed E-state index contributed by atoms with van der Waals surface area (Å²) >= 11 is 3.36. The minimum absolute atomic E-state index is 0.0720. The van der Waals surface area contributed by atoms with Crippen LogP contribution in [0.25, 0.3) is 0 Å². The molecule has 1 fully saturated rings. The van der Waals surface area contributed by atoms with Crippen LogP contribution in [0.3, 0.4) is 0 Å². The lowest BCUT2D eigenvalue weighted by molar-refractivity contribution is -0.119. The van der Waals surface area contributed by atoms with Crippen molar-refractivity contribution in [2.24, 2.45) is 16.6 Å². The Morgan fingerprint density at radius 3 is 2.63 bits per heavy atom. The predicted molar refractivity (Wildman–Crippen MR) is 111 cm³/mol. The zero-order valence-electron chi connectivity index (χ0n) is 15.7. The summed E-state index contributed by atoms with van der Waals surface area (Å²) in [6.45, 7) is 3.02. The number of carbonyl (C=O) groups excluding carboxylic acids is 2. The summed E-state index contributed by atoms with van der Waals surface area (Å²) in [6, 6.07) is 7.28. The Morgan fingerprint density at radius 1 is 1.26 bits per heavy atom. The van der Waals surface area contributed by atoms with E-state index in [1.807, 2.05) is 12.1 Å². The number of nitrogens with one attached hydrogen (secondary N) is 2. The number of aliphatic imine (C=N–C) groups is 1. The molecule has 2 amide bonds. The Balaban J connectivity index is 1.69. The van der Waals surface area contributed by atoms with Gasteiger partial charge in [0.15, 0.2) is 5.96 Å². The Labute approximate surface area is 168 Å². The first-order chi connectivity index (χ1) is 13.0. The average molecular weight is 438 g/mol. The number of rotatable bonds is 7. The van der Waals surface area contributed by atoms with Crippen molar-refractivity contribution in [1.29, 1.82) is 0 Å². The molecule has 0 spiro atoms. The fraction of sp³-hybridized carbons (Fsp3) is 0.526.